The zero-order chi connectivity index (χ0) is 18.2. The van der Waals surface area contributed by atoms with Crippen LogP contribution in [0.1, 0.15) is 0 Å². The van der Waals surface area contributed by atoms with E-state index in [4.69, 9.17) is 9.15 Å². The normalized spacial score (nSPS) is 11.1. The monoisotopic (exact) mass is 355 g/mol. The molecule has 0 saturated carbocycles. The summed E-state index contributed by atoms with van der Waals surface area (Å²) in [6.07, 6.45) is 1.53. The average Bonchev–Trinajstić information content (AvgIpc) is 3.14. The Morgan fingerprint density at radius 1 is 0.852 bits per heavy atom. The molecule has 3 aromatic heterocycles. The molecule has 0 fully saturated rings. The minimum atomic E-state index is -0.288. The van der Waals surface area contributed by atoms with Crippen LogP contribution in [0.3, 0.4) is 0 Å². The number of H-pyrrole nitrogens is 1. The number of aromatic amines is 1. The first-order valence-corrected chi connectivity index (χ1v) is 8.39. The molecule has 5 rings (SSSR count). The molecule has 0 radical (unpaired) electrons. The van der Waals surface area contributed by atoms with Crippen molar-refractivity contribution in [1.29, 1.82) is 0 Å². The van der Waals surface area contributed by atoms with E-state index in [0.29, 0.717) is 34.2 Å². The van der Waals surface area contributed by atoms with Gasteiger partial charge in [-0.25, -0.2) is 9.97 Å². The van der Waals surface area contributed by atoms with E-state index in [0.717, 1.165) is 5.39 Å². The molecule has 0 aliphatic carbocycles. The second-order valence-corrected chi connectivity index (χ2v) is 5.98. The van der Waals surface area contributed by atoms with Crippen LogP contribution in [0.5, 0.6) is 11.6 Å². The van der Waals surface area contributed by atoms with Crippen molar-refractivity contribution in [2.45, 2.75) is 0 Å². The number of benzene rings is 2. The van der Waals surface area contributed by atoms with Crippen molar-refractivity contribution in [2.24, 2.45) is 0 Å². The van der Waals surface area contributed by atoms with E-state index in [1.165, 1.54) is 6.20 Å². The van der Waals surface area contributed by atoms with E-state index >= 15 is 0 Å². The fourth-order valence-corrected chi connectivity index (χ4v) is 2.95. The van der Waals surface area contributed by atoms with Crippen LogP contribution in [-0.4, -0.2) is 15.0 Å². The minimum absolute atomic E-state index is 0.265. The number of ether oxygens (including phenoxy) is 1. The zero-order valence-electron chi connectivity index (χ0n) is 14.0. The van der Waals surface area contributed by atoms with E-state index in [1.807, 2.05) is 60.7 Å². The van der Waals surface area contributed by atoms with Gasteiger partial charge < -0.3 is 14.1 Å². The van der Waals surface area contributed by atoms with Crippen molar-refractivity contribution >= 4 is 22.0 Å². The van der Waals surface area contributed by atoms with Gasteiger partial charge in [0.25, 0.3) is 5.56 Å². The van der Waals surface area contributed by atoms with Gasteiger partial charge in [-0.05, 0) is 30.3 Å². The highest BCUT2D eigenvalue weighted by Gasteiger charge is 2.14. The van der Waals surface area contributed by atoms with Crippen molar-refractivity contribution in [3.05, 3.63) is 83.3 Å². The predicted octanol–water partition coefficient (Wildman–Crippen LogP) is 4.52. The second-order valence-electron chi connectivity index (χ2n) is 5.98. The number of pyridine rings is 2. The second kappa shape index (κ2) is 6.10. The van der Waals surface area contributed by atoms with E-state index < -0.39 is 0 Å². The number of hydrogen-bond donors (Lipinski definition) is 1. The molecule has 130 valence electrons. The Bertz CT molecular complexity index is 1320. The standard InChI is InChI=1S/C21H13N3O3/c25-20-19-16(11-12-22-20)27-21(24-19)15-8-4-5-13-9-10-17(23-18(13)15)26-14-6-2-1-3-7-14/h1-12H,(H,22,25). The topological polar surface area (TPSA) is 81.0 Å². The lowest BCUT2D eigenvalue weighted by molar-refractivity contribution is 0.465. The first kappa shape index (κ1) is 15.3. The molecular weight excluding hydrogens is 342 g/mol. The van der Waals surface area contributed by atoms with Gasteiger partial charge in [0, 0.05) is 17.6 Å². The molecule has 0 spiro atoms. The maximum absolute atomic E-state index is 11.9. The molecule has 3 heterocycles. The third-order valence-electron chi connectivity index (χ3n) is 4.21. The molecule has 0 saturated heterocycles. The summed E-state index contributed by atoms with van der Waals surface area (Å²) in [4.78, 5) is 23.5. The molecule has 0 atom stereocenters. The lowest BCUT2D eigenvalue weighted by Crippen LogP contribution is -2.03. The molecule has 5 aromatic rings. The van der Waals surface area contributed by atoms with E-state index in [-0.39, 0.29) is 11.1 Å². The van der Waals surface area contributed by atoms with Gasteiger partial charge in [-0.2, -0.15) is 0 Å². The van der Waals surface area contributed by atoms with Crippen LogP contribution in [0.25, 0.3) is 33.5 Å². The van der Waals surface area contributed by atoms with Crippen molar-refractivity contribution < 1.29 is 9.15 Å². The number of oxazole rings is 1. The molecule has 27 heavy (non-hydrogen) atoms. The summed E-state index contributed by atoms with van der Waals surface area (Å²) in [6.45, 7) is 0. The molecule has 0 unspecified atom stereocenters. The van der Waals surface area contributed by atoms with Gasteiger partial charge in [0.1, 0.15) is 5.75 Å². The fourth-order valence-electron chi connectivity index (χ4n) is 2.95. The Morgan fingerprint density at radius 2 is 1.74 bits per heavy atom. The molecule has 0 aliphatic rings. The third kappa shape index (κ3) is 2.73. The van der Waals surface area contributed by atoms with E-state index in [2.05, 4.69) is 15.0 Å². The summed E-state index contributed by atoms with van der Waals surface area (Å²) >= 11 is 0. The first-order chi connectivity index (χ1) is 13.3. The Morgan fingerprint density at radius 3 is 2.59 bits per heavy atom. The molecule has 2 aromatic carbocycles. The SMILES string of the molecule is O=c1[nH]ccc2oc(-c3cccc4ccc(Oc5ccccc5)nc34)nc12. The summed E-state index contributed by atoms with van der Waals surface area (Å²) in [5, 5.41) is 0.920. The van der Waals surface area contributed by atoms with Crippen molar-refractivity contribution in [3.8, 4) is 23.1 Å². The molecule has 6 nitrogen and oxygen atoms in total. The number of para-hydroxylation sites is 2. The molecule has 6 heteroatoms. The molecule has 0 amide bonds. The van der Waals surface area contributed by atoms with Gasteiger partial charge >= 0.3 is 0 Å². The smallest absolute Gasteiger partial charge is 0.277 e. The number of nitrogens with zero attached hydrogens (tertiary/aromatic N) is 2. The largest absolute Gasteiger partial charge is 0.439 e. The molecule has 0 bridgehead atoms. The van der Waals surface area contributed by atoms with Crippen LogP contribution in [-0.2, 0) is 0 Å². The van der Waals surface area contributed by atoms with Crippen LogP contribution in [0, 0.1) is 0 Å². The average molecular weight is 355 g/mol. The van der Waals surface area contributed by atoms with Crippen LogP contribution in [0.4, 0.5) is 0 Å². The van der Waals surface area contributed by atoms with Gasteiger partial charge in [-0.15, -0.1) is 0 Å². The number of fused-ring (bicyclic) bond motifs is 2. The molecular formula is C21H13N3O3. The maximum Gasteiger partial charge on any atom is 0.277 e. The van der Waals surface area contributed by atoms with Gasteiger partial charge in [0.05, 0.1) is 11.1 Å². The number of aromatic nitrogens is 3. The Kier molecular flexibility index (Phi) is 3.47. The van der Waals surface area contributed by atoms with Crippen LogP contribution < -0.4 is 10.3 Å². The highest BCUT2D eigenvalue weighted by Crippen LogP contribution is 2.30. The zero-order valence-corrected chi connectivity index (χ0v) is 14.0. The van der Waals surface area contributed by atoms with Gasteiger partial charge in [-0.3, -0.25) is 4.79 Å². The van der Waals surface area contributed by atoms with Gasteiger partial charge in [0.15, 0.2) is 11.1 Å². The number of nitrogens with one attached hydrogen (secondary N) is 1. The summed E-state index contributed by atoms with van der Waals surface area (Å²) < 4.78 is 11.6. The predicted molar refractivity (Wildman–Crippen MR) is 102 cm³/mol. The van der Waals surface area contributed by atoms with Gasteiger partial charge in [0.2, 0.25) is 11.8 Å². The molecule has 1 N–H and O–H groups in total. The summed E-state index contributed by atoms with van der Waals surface area (Å²) in [7, 11) is 0. The number of rotatable bonds is 3. The third-order valence-corrected chi connectivity index (χ3v) is 4.21. The number of hydrogen-bond acceptors (Lipinski definition) is 5. The van der Waals surface area contributed by atoms with Crippen LogP contribution in [0.15, 0.2) is 82.1 Å². The lowest BCUT2D eigenvalue weighted by atomic mass is 10.1. The fraction of sp³-hybridized carbons (Fsp3) is 0. The van der Waals surface area contributed by atoms with Crippen molar-refractivity contribution in [2.75, 3.05) is 0 Å². The Labute approximate surface area is 153 Å². The summed E-state index contributed by atoms with van der Waals surface area (Å²) in [5.74, 6) is 1.52. The van der Waals surface area contributed by atoms with Crippen LogP contribution in [0.2, 0.25) is 0 Å². The summed E-state index contributed by atoms with van der Waals surface area (Å²) in [6, 6.07) is 20.6. The van der Waals surface area contributed by atoms with Crippen molar-refractivity contribution in [3.63, 3.8) is 0 Å². The molecule has 0 aliphatic heterocycles. The highest BCUT2D eigenvalue weighted by molar-refractivity contribution is 5.93. The van der Waals surface area contributed by atoms with Gasteiger partial charge in [-0.1, -0.05) is 30.3 Å². The highest BCUT2D eigenvalue weighted by atomic mass is 16.5. The maximum atomic E-state index is 11.9. The minimum Gasteiger partial charge on any atom is -0.439 e. The Balaban J connectivity index is 1.66. The Hall–Kier alpha value is -3.93. The quantitative estimate of drug-likeness (QED) is 0.514. The lowest BCUT2D eigenvalue weighted by Gasteiger charge is -2.07. The van der Waals surface area contributed by atoms with Crippen LogP contribution >= 0.6 is 0 Å². The van der Waals surface area contributed by atoms with E-state index in [9.17, 15) is 4.79 Å². The first-order valence-electron chi connectivity index (χ1n) is 8.39. The van der Waals surface area contributed by atoms with E-state index in [1.54, 1.807) is 6.07 Å². The van der Waals surface area contributed by atoms with Crippen molar-refractivity contribution in [1.82, 2.24) is 15.0 Å². The summed E-state index contributed by atoms with van der Waals surface area (Å²) in [5.41, 5.74) is 1.79.